The fourth-order valence-corrected chi connectivity index (χ4v) is 2.08. The smallest absolute Gasteiger partial charge is 0.273 e. The van der Waals surface area contributed by atoms with Crippen LogP contribution < -0.4 is 16.0 Å². The lowest BCUT2D eigenvalue weighted by Crippen LogP contribution is -2.43. The van der Waals surface area contributed by atoms with Crippen LogP contribution >= 0.6 is 0 Å². The summed E-state index contributed by atoms with van der Waals surface area (Å²) in [6, 6.07) is 0.134. The summed E-state index contributed by atoms with van der Waals surface area (Å²) in [5.41, 5.74) is 0.157. The molecule has 1 saturated heterocycles. The highest BCUT2D eigenvalue weighted by Gasteiger charge is 2.21. The Morgan fingerprint density at radius 3 is 2.57 bits per heavy atom. The third-order valence-corrected chi connectivity index (χ3v) is 3.35. The largest absolute Gasteiger partial charge is 0.348 e. The lowest BCUT2D eigenvalue weighted by atomic mass is 10.1. The first kappa shape index (κ1) is 15.4. The van der Waals surface area contributed by atoms with Gasteiger partial charge in [0.05, 0.1) is 0 Å². The summed E-state index contributed by atoms with van der Waals surface area (Å²) < 4.78 is 0. The van der Waals surface area contributed by atoms with Gasteiger partial charge in [-0.3, -0.25) is 9.59 Å². The SMILES string of the molecule is CC(C)C(=O)Nc1nccnc1C(=O)NC1CCNCC1. The fraction of sp³-hybridized carbons (Fsp3) is 0.571. The molecule has 0 saturated carbocycles. The van der Waals surface area contributed by atoms with Crippen LogP contribution in [-0.2, 0) is 4.79 Å². The van der Waals surface area contributed by atoms with Crippen molar-refractivity contribution in [3.63, 3.8) is 0 Å². The topological polar surface area (TPSA) is 96.0 Å². The number of rotatable bonds is 4. The van der Waals surface area contributed by atoms with Crippen LogP contribution in [0.15, 0.2) is 12.4 Å². The number of amides is 2. The van der Waals surface area contributed by atoms with E-state index in [0.29, 0.717) is 0 Å². The van der Waals surface area contributed by atoms with Crippen LogP contribution in [0.25, 0.3) is 0 Å². The standard InChI is InChI=1S/C14H21N5O2/c1-9(2)13(20)19-12-11(16-7-8-17-12)14(21)18-10-3-5-15-6-4-10/h7-10,15H,3-6H2,1-2H3,(H,18,21)(H,17,19,20). The molecule has 0 spiro atoms. The molecule has 7 nitrogen and oxygen atoms in total. The van der Waals surface area contributed by atoms with Crippen molar-refractivity contribution in [2.75, 3.05) is 18.4 Å². The Labute approximate surface area is 123 Å². The van der Waals surface area contributed by atoms with Crippen molar-refractivity contribution in [2.24, 2.45) is 5.92 Å². The van der Waals surface area contributed by atoms with Gasteiger partial charge in [0.25, 0.3) is 5.91 Å². The molecule has 2 heterocycles. The van der Waals surface area contributed by atoms with Gasteiger partial charge in [0, 0.05) is 24.4 Å². The Kier molecular flexibility index (Phi) is 5.21. The van der Waals surface area contributed by atoms with Crippen LogP contribution in [0, 0.1) is 5.92 Å². The van der Waals surface area contributed by atoms with Crippen LogP contribution in [0.2, 0.25) is 0 Å². The minimum absolute atomic E-state index is 0.134. The van der Waals surface area contributed by atoms with E-state index in [1.165, 1.54) is 12.4 Å². The van der Waals surface area contributed by atoms with Crippen molar-refractivity contribution in [3.05, 3.63) is 18.1 Å². The fourth-order valence-electron chi connectivity index (χ4n) is 2.08. The molecule has 0 unspecified atom stereocenters. The minimum atomic E-state index is -0.297. The molecule has 7 heteroatoms. The Balaban J connectivity index is 2.07. The van der Waals surface area contributed by atoms with E-state index in [2.05, 4.69) is 25.9 Å². The lowest BCUT2D eigenvalue weighted by molar-refractivity contribution is -0.118. The normalized spacial score (nSPS) is 15.8. The van der Waals surface area contributed by atoms with Gasteiger partial charge in [-0.1, -0.05) is 13.8 Å². The summed E-state index contributed by atoms with van der Waals surface area (Å²) in [5.74, 6) is -0.463. The second kappa shape index (κ2) is 7.12. The van der Waals surface area contributed by atoms with Crippen LogP contribution in [0.1, 0.15) is 37.2 Å². The number of nitrogens with one attached hydrogen (secondary N) is 3. The zero-order valence-corrected chi connectivity index (χ0v) is 12.3. The van der Waals surface area contributed by atoms with Crippen molar-refractivity contribution >= 4 is 17.6 Å². The van der Waals surface area contributed by atoms with Crippen LogP contribution in [0.4, 0.5) is 5.82 Å². The molecule has 0 aromatic carbocycles. The van der Waals surface area contributed by atoms with E-state index in [9.17, 15) is 9.59 Å². The van der Waals surface area contributed by atoms with Gasteiger partial charge in [-0.15, -0.1) is 0 Å². The van der Waals surface area contributed by atoms with E-state index in [4.69, 9.17) is 0 Å². The quantitative estimate of drug-likeness (QED) is 0.753. The number of hydrogen-bond donors (Lipinski definition) is 3. The van der Waals surface area contributed by atoms with Gasteiger partial charge in [-0.2, -0.15) is 0 Å². The maximum Gasteiger partial charge on any atom is 0.273 e. The van der Waals surface area contributed by atoms with Crippen molar-refractivity contribution in [2.45, 2.75) is 32.7 Å². The minimum Gasteiger partial charge on any atom is -0.348 e. The molecule has 3 N–H and O–H groups in total. The number of carbonyl (C=O) groups is 2. The second-order valence-corrected chi connectivity index (χ2v) is 5.40. The molecule has 21 heavy (non-hydrogen) atoms. The first-order valence-corrected chi connectivity index (χ1v) is 7.21. The van der Waals surface area contributed by atoms with E-state index >= 15 is 0 Å². The van der Waals surface area contributed by atoms with Crippen LogP contribution in [0.3, 0.4) is 0 Å². The van der Waals surface area contributed by atoms with E-state index in [1.54, 1.807) is 13.8 Å². The average molecular weight is 291 g/mol. The number of carbonyl (C=O) groups excluding carboxylic acids is 2. The van der Waals surface area contributed by atoms with E-state index in [1.807, 2.05) is 0 Å². The summed E-state index contributed by atoms with van der Waals surface area (Å²) in [6.07, 6.45) is 4.68. The van der Waals surface area contributed by atoms with Gasteiger partial charge in [0.1, 0.15) is 0 Å². The van der Waals surface area contributed by atoms with Gasteiger partial charge in [-0.25, -0.2) is 9.97 Å². The summed E-state index contributed by atoms with van der Waals surface area (Å²) in [4.78, 5) is 32.2. The van der Waals surface area contributed by atoms with Crippen molar-refractivity contribution in [1.29, 1.82) is 0 Å². The molecule has 0 atom stereocenters. The van der Waals surface area contributed by atoms with E-state index in [-0.39, 0.29) is 35.3 Å². The van der Waals surface area contributed by atoms with Crippen LogP contribution in [0.5, 0.6) is 0 Å². The molecule has 2 rings (SSSR count). The number of piperidine rings is 1. The molecule has 2 amide bonds. The molecule has 1 aromatic heterocycles. The van der Waals surface area contributed by atoms with Crippen molar-refractivity contribution < 1.29 is 9.59 Å². The monoisotopic (exact) mass is 291 g/mol. The highest BCUT2D eigenvalue weighted by atomic mass is 16.2. The lowest BCUT2D eigenvalue weighted by Gasteiger charge is -2.23. The molecule has 0 aliphatic carbocycles. The number of nitrogens with zero attached hydrogens (tertiary/aromatic N) is 2. The Hall–Kier alpha value is -2.02. The van der Waals surface area contributed by atoms with Crippen molar-refractivity contribution in [1.82, 2.24) is 20.6 Å². The highest BCUT2D eigenvalue weighted by Crippen LogP contribution is 2.11. The van der Waals surface area contributed by atoms with Gasteiger partial charge >= 0.3 is 0 Å². The van der Waals surface area contributed by atoms with Gasteiger partial charge in [-0.05, 0) is 25.9 Å². The van der Waals surface area contributed by atoms with Crippen molar-refractivity contribution in [3.8, 4) is 0 Å². The maximum atomic E-state index is 12.3. The zero-order chi connectivity index (χ0) is 15.2. The Morgan fingerprint density at radius 1 is 1.24 bits per heavy atom. The summed E-state index contributed by atoms with van der Waals surface area (Å²) in [5, 5.41) is 8.83. The molecule has 1 aliphatic rings. The molecular weight excluding hydrogens is 270 g/mol. The molecular formula is C14H21N5O2. The zero-order valence-electron chi connectivity index (χ0n) is 12.3. The first-order valence-electron chi connectivity index (χ1n) is 7.21. The average Bonchev–Trinajstić information content (AvgIpc) is 2.48. The maximum absolute atomic E-state index is 12.3. The molecule has 1 aliphatic heterocycles. The molecule has 114 valence electrons. The summed E-state index contributed by atoms with van der Waals surface area (Å²) in [6.45, 7) is 5.34. The van der Waals surface area contributed by atoms with E-state index < -0.39 is 0 Å². The molecule has 1 aromatic rings. The Morgan fingerprint density at radius 2 is 1.90 bits per heavy atom. The second-order valence-electron chi connectivity index (χ2n) is 5.40. The first-order chi connectivity index (χ1) is 10.1. The van der Waals surface area contributed by atoms with Gasteiger partial charge in [0.2, 0.25) is 5.91 Å². The molecule has 0 radical (unpaired) electrons. The van der Waals surface area contributed by atoms with Gasteiger partial charge < -0.3 is 16.0 Å². The van der Waals surface area contributed by atoms with Gasteiger partial charge in [0.15, 0.2) is 11.5 Å². The third-order valence-electron chi connectivity index (χ3n) is 3.35. The Bertz CT molecular complexity index is 512. The molecule has 0 bridgehead atoms. The predicted octanol–water partition coefficient (Wildman–Crippen LogP) is 0.553. The predicted molar refractivity (Wildman–Crippen MR) is 78.9 cm³/mol. The number of anilines is 1. The van der Waals surface area contributed by atoms with E-state index in [0.717, 1.165) is 25.9 Å². The summed E-state index contributed by atoms with van der Waals surface area (Å²) in [7, 11) is 0. The number of aromatic nitrogens is 2. The highest BCUT2D eigenvalue weighted by molar-refractivity contribution is 6.01. The third kappa shape index (κ3) is 4.22. The summed E-state index contributed by atoms with van der Waals surface area (Å²) >= 11 is 0. The van der Waals surface area contributed by atoms with Crippen LogP contribution in [-0.4, -0.2) is 40.9 Å². The number of hydrogen-bond acceptors (Lipinski definition) is 5. The molecule has 1 fully saturated rings.